The molecule has 2 aromatic rings. The van der Waals surface area contributed by atoms with Crippen LogP contribution in [0.4, 0.5) is 0 Å². The summed E-state index contributed by atoms with van der Waals surface area (Å²) >= 11 is 0. The third-order valence-electron chi connectivity index (χ3n) is 15.7. The standard InChI is InChI=1S/C48H60O13/c1-8-35-39(55-24-29-13-17-31(52-7)18-14-29)38(54-23-28-11-15-30(51-6)16-12-28)27(4)43(57-35)53-21-9-10-37(49)58-44-46(26(2)3)40(60-46)41-48(61-41)45(5)20-19-32-33(25-56-42(32)50)34(45)22-36-47(44,48)59-36/h11-18,26-27,34-36,38-41,43-44H,8-10,19-25H2,1-7H3/t27?,34-,35?,36-,38+,39+,40-,41-,43+,44+,45-,46-,47+,48+/m0/s1. The summed E-state index contributed by atoms with van der Waals surface area (Å²) in [5.41, 5.74) is 1.54. The smallest absolute Gasteiger partial charge is 0.334 e. The SMILES string of the molecule is CCC1O[C@@H](OCCCC(=O)O[C@@H]2[C@@]3(C(C)C)O[C@H]3[C@@H]3O[C@]34[C@]23O[C@H]3C[C@H]2C3=C(CC[C@@]24C)C(=O)OC3)C(C)[C@@H](OCc2ccc(OC)cc2)[C@@H]1OCc1ccc(OC)cc1. The molecule has 14 atom stereocenters. The van der Waals surface area contributed by atoms with Gasteiger partial charge in [0, 0.05) is 23.3 Å². The summed E-state index contributed by atoms with van der Waals surface area (Å²) in [5, 5.41) is 0. The molecule has 4 saturated heterocycles. The van der Waals surface area contributed by atoms with Crippen LogP contribution in [0.5, 0.6) is 11.5 Å². The first-order chi connectivity index (χ1) is 29.4. The van der Waals surface area contributed by atoms with Crippen LogP contribution in [0.1, 0.15) is 84.3 Å². The normalized spacial score (nSPS) is 41.0. The van der Waals surface area contributed by atoms with E-state index in [4.69, 9.17) is 52.1 Å². The molecule has 61 heavy (non-hydrogen) atoms. The van der Waals surface area contributed by atoms with Gasteiger partial charge in [-0.2, -0.15) is 0 Å². The summed E-state index contributed by atoms with van der Waals surface area (Å²) < 4.78 is 69.4. The van der Waals surface area contributed by atoms with Crippen molar-refractivity contribution in [2.45, 2.75) is 152 Å². The molecule has 0 N–H and O–H groups in total. The highest BCUT2D eigenvalue weighted by Gasteiger charge is 3.01. The van der Waals surface area contributed by atoms with Crippen LogP contribution in [0, 0.1) is 23.2 Å². The topological polar surface area (TPSA) is 146 Å². The van der Waals surface area contributed by atoms with Crippen LogP contribution in [0.2, 0.25) is 0 Å². The lowest BCUT2D eigenvalue weighted by molar-refractivity contribution is -0.295. The Balaban J connectivity index is 0.802. The van der Waals surface area contributed by atoms with Gasteiger partial charge in [0.25, 0.3) is 0 Å². The predicted octanol–water partition coefficient (Wildman–Crippen LogP) is 6.41. The van der Waals surface area contributed by atoms with Crippen molar-refractivity contribution in [1.82, 2.24) is 0 Å². The molecule has 0 amide bonds. The number of carbonyl (C=O) groups excluding carboxylic acids is 2. The van der Waals surface area contributed by atoms with Gasteiger partial charge in [0.05, 0.1) is 52.4 Å². The van der Waals surface area contributed by atoms with Crippen LogP contribution in [0.25, 0.3) is 0 Å². The average Bonchev–Trinajstić information content (AvgIpc) is 4.21. The van der Waals surface area contributed by atoms with Crippen molar-refractivity contribution in [3.63, 3.8) is 0 Å². The lowest BCUT2D eigenvalue weighted by atomic mass is 9.46. The van der Waals surface area contributed by atoms with E-state index in [1.807, 2.05) is 48.5 Å². The molecular formula is C48H60O13. The van der Waals surface area contributed by atoms with Crippen LogP contribution >= 0.6 is 0 Å². The van der Waals surface area contributed by atoms with Crippen molar-refractivity contribution in [3.05, 3.63) is 70.8 Å². The Hall–Kier alpha value is -3.56. The first-order valence-electron chi connectivity index (χ1n) is 22.3. The van der Waals surface area contributed by atoms with E-state index in [1.54, 1.807) is 14.2 Å². The highest BCUT2D eigenvalue weighted by atomic mass is 16.8. The lowest BCUT2D eigenvalue weighted by Gasteiger charge is -2.53. The number of methoxy groups -OCH3 is 2. The Morgan fingerprint density at radius 1 is 0.885 bits per heavy atom. The summed E-state index contributed by atoms with van der Waals surface area (Å²) in [4.78, 5) is 26.6. The maximum absolute atomic E-state index is 14.0. The quantitative estimate of drug-likeness (QED) is 0.104. The van der Waals surface area contributed by atoms with E-state index in [2.05, 4.69) is 34.6 Å². The summed E-state index contributed by atoms with van der Waals surface area (Å²) in [6, 6.07) is 15.7. The highest BCUT2D eigenvalue weighted by molar-refractivity contribution is 5.92. The molecule has 13 nitrogen and oxygen atoms in total. The first-order valence-corrected chi connectivity index (χ1v) is 22.3. The molecule has 13 heteroatoms. The van der Waals surface area contributed by atoms with E-state index in [-0.39, 0.29) is 78.2 Å². The zero-order valence-corrected chi connectivity index (χ0v) is 36.3. The van der Waals surface area contributed by atoms with E-state index >= 15 is 0 Å². The van der Waals surface area contributed by atoms with E-state index in [9.17, 15) is 9.59 Å². The Morgan fingerprint density at radius 2 is 1.56 bits per heavy atom. The first kappa shape index (κ1) is 41.5. The van der Waals surface area contributed by atoms with Gasteiger partial charge < -0.3 is 52.1 Å². The molecule has 0 aromatic heterocycles. The Morgan fingerprint density at radius 3 is 2.20 bits per heavy atom. The van der Waals surface area contributed by atoms with Crippen LogP contribution in [0.3, 0.4) is 0 Å². The van der Waals surface area contributed by atoms with Gasteiger partial charge in [0.1, 0.15) is 47.6 Å². The van der Waals surface area contributed by atoms with Crippen LogP contribution in [-0.2, 0) is 65.4 Å². The zero-order chi connectivity index (χ0) is 42.5. The second-order valence-corrected chi connectivity index (χ2v) is 18.9. The fourth-order valence-corrected chi connectivity index (χ4v) is 12.3. The Labute approximate surface area is 357 Å². The minimum Gasteiger partial charge on any atom is -0.497 e. The van der Waals surface area contributed by atoms with Gasteiger partial charge in [-0.25, -0.2) is 4.79 Å². The van der Waals surface area contributed by atoms with Crippen molar-refractivity contribution in [2.75, 3.05) is 27.4 Å². The summed E-state index contributed by atoms with van der Waals surface area (Å²) in [6.07, 6.45) is 0.818. The van der Waals surface area contributed by atoms with Gasteiger partial charge >= 0.3 is 11.9 Å². The van der Waals surface area contributed by atoms with E-state index in [0.29, 0.717) is 45.7 Å². The van der Waals surface area contributed by atoms with Gasteiger partial charge in [0.2, 0.25) is 0 Å². The average molecular weight is 845 g/mol. The largest absolute Gasteiger partial charge is 0.497 e. The molecule has 0 radical (unpaired) electrons. The molecule has 8 aliphatic rings. The molecule has 5 heterocycles. The van der Waals surface area contributed by atoms with Gasteiger partial charge in [-0.05, 0) is 84.9 Å². The third kappa shape index (κ3) is 6.26. The van der Waals surface area contributed by atoms with E-state index in [1.165, 1.54) is 0 Å². The van der Waals surface area contributed by atoms with Crippen LogP contribution in [-0.4, -0.2) is 105 Å². The van der Waals surface area contributed by atoms with Crippen molar-refractivity contribution < 1.29 is 61.7 Å². The Bertz CT molecular complexity index is 2030. The predicted molar refractivity (Wildman–Crippen MR) is 217 cm³/mol. The van der Waals surface area contributed by atoms with Crippen molar-refractivity contribution in [2.24, 2.45) is 23.2 Å². The maximum Gasteiger partial charge on any atom is 0.334 e. The molecule has 2 saturated carbocycles. The lowest BCUT2D eigenvalue weighted by Crippen LogP contribution is -2.70. The van der Waals surface area contributed by atoms with Gasteiger partial charge in [0.15, 0.2) is 18.0 Å². The molecule has 10 rings (SSSR count). The Kier molecular flexibility index (Phi) is 10.4. The van der Waals surface area contributed by atoms with Gasteiger partial charge in [-0.1, -0.05) is 58.9 Å². The molecule has 2 spiro atoms. The number of ether oxygens (including phenoxy) is 11. The molecule has 5 aliphatic heterocycles. The molecule has 2 aromatic carbocycles. The monoisotopic (exact) mass is 844 g/mol. The zero-order valence-electron chi connectivity index (χ0n) is 36.3. The molecule has 0 bridgehead atoms. The minimum atomic E-state index is -0.790. The van der Waals surface area contributed by atoms with Crippen LogP contribution in [0.15, 0.2) is 59.7 Å². The molecular weight excluding hydrogens is 785 g/mol. The summed E-state index contributed by atoms with van der Waals surface area (Å²) in [5.74, 6) is 1.06. The van der Waals surface area contributed by atoms with Crippen molar-refractivity contribution in [1.29, 1.82) is 0 Å². The number of epoxide rings is 3. The number of carbonyl (C=O) groups is 2. The fourth-order valence-electron chi connectivity index (χ4n) is 12.3. The van der Waals surface area contributed by atoms with Crippen molar-refractivity contribution in [3.8, 4) is 11.5 Å². The summed E-state index contributed by atoms with van der Waals surface area (Å²) in [7, 11) is 3.30. The third-order valence-corrected chi connectivity index (χ3v) is 15.7. The highest BCUT2D eigenvalue weighted by Crippen LogP contribution is 2.83. The van der Waals surface area contributed by atoms with Crippen molar-refractivity contribution >= 4 is 11.9 Å². The molecule has 330 valence electrons. The number of esters is 2. The van der Waals surface area contributed by atoms with Crippen LogP contribution < -0.4 is 9.47 Å². The number of rotatable bonds is 16. The maximum atomic E-state index is 14.0. The second kappa shape index (κ2) is 15.3. The molecule has 2 unspecified atom stereocenters. The number of fused-ring (bicyclic) bond motifs is 4. The summed E-state index contributed by atoms with van der Waals surface area (Å²) in [6.45, 7) is 12.1. The molecule has 3 aliphatic carbocycles. The number of benzene rings is 2. The number of hydrogen-bond acceptors (Lipinski definition) is 13. The minimum absolute atomic E-state index is 0.0763. The fraction of sp³-hybridized carbons (Fsp3) is 0.667. The number of cyclic esters (lactones) is 1. The van der Waals surface area contributed by atoms with Gasteiger partial charge in [-0.3, -0.25) is 4.79 Å². The van der Waals surface area contributed by atoms with E-state index < -0.39 is 29.2 Å². The van der Waals surface area contributed by atoms with E-state index in [0.717, 1.165) is 46.6 Å². The van der Waals surface area contributed by atoms with Gasteiger partial charge in [-0.15, -0.1) is 0 Å². The molecule has 6 fully saturated rings. The second-order valence-electron chi connectivity index (χ2n) is 18.9. The number of hydrogen-bond donors (Lipinski definition) is 0.